The van der Waals surface area contributed by atoms with Gasteiger partial charge < -0.3 is 0 Å². The second-order valence-electron chi connectivity index (χ2n) is 10.6. The van der Waals surface area contributed by atoms with Gasteiger partial charge in [0.25, 0.3) is 0 Å². The Kier molecular flexibility index (Phi) is 15.5. The van der Waals surface area contributed by atoms with E-state index in [2.05, 4.69) is 83.9 Å². The van der Waals surface area contributed by atoms with Crippen LogP contribution in [0.2, 0.25) is 31.4 Å². The molecule has 1 unspecified atom stereocenters. The van der Waals surface area contributed by atoms with Crippen molar-refractivity contribution < 1.29 is 4.43 Å². The zero-order valence-electron chi connectivity index (χ0n) is 21.6. The van der Waals surface area contributed by atoms with Gasteiger partial charge in [0.2, 0.25) is 0 Å². The molecule has 172 valence electrons. The third kappa shape index (κ3) is 12.2. The van der Waals surface area contributed by atoms with Crippen LogP contribution in [0.15, 0.2) is 22.3 Å². The van der Waals surface area contributed by atoms with Gasteiger partial charge in [-0.25, -0.2) is 0 Å². The van der Waals surface area contributed by atoms with Crippen molar-refractivity contribution in [1.82, 2.24) is 0 Å². The van der Waals surface area contributed by atoms with Crippen LogP contribution in [0.1, 0.15) is 99.8 Å². The number of unbranched alkanes of at least 4 members (excludes halogenated alkanes) is 3. The molecule has 0 aliphatic carbocycles. The molecule has 0 aliphatic heterocycles. The molecule has 0 aromatic rings. The fraction of sp³-hybridized carbons (Fsp3) is 0.846. The molecule has 0 N–H and O–H groups in total. The van der Waals surface area contributed by atoms with E-state index in [1.165, 1.54) is 38.5 Å². The zero-order valence-corrected chi connectivity index (χ0v) is 25.4. The van der Waals surface area contributed by atoms with Crippen LogP contribution in [0.3, 0.4) is 0 Å². The Hall–Kier alpha value is 0.456. The Morgan fingerprint density at radius 1 is 0.828 bits per heavy atom. The minimum absolute atomic E-state index is 0.264. The van der Waals surface area contributed by atoms with Crippen LogP contribution in [0.5, 0.6) is 0 Å². The van der Waals surface area contributed by atoms with E-state index in [9.17, 15) is 0 Å². The minimum atomic E-state index is -2.24. The van der Waals surface area contributed by atoms with Gasteiger partial charge in [-0.1, -0.05) is 0 Å². The normalized spacial score (nSPS) is 14.9. The molecule has 0 heterocycles. The van der Waals surface area contributed by atoms with Crippen molar-refractivity contribution in [1.29, 1.82) is 0 Å². The molecule has 0 aromatic carbocycles. The Balaban J connectivity index is 5.69. The molecule has 0 fully saturated rings. The molecule has 0 radical (unpaired) electrons. The predicted octanol–water partition coefficient (Wildman–Crippen LogP) is 9.68. The van der Waals surface area contributed by atoms with Gasteiger partial charge in [0.1, 0.15) is 0 Å². The van der Waals surface area contributed by atoms with Crippen LogP contribution in [0.4, 0.5) is 0 Å². The zero-order chi connectivity index (χ0) is 22.4. The van der Waals surface area contributed by atoms with E-state index in [0.29, 0.717) is 0 Å². The van der Waals surface area contributed by atoms with Crippen molar-refractivity contribution in [2.24, 2.45) is 0 Å². The molecule has 0 aliphatic rings. The molecule has 0 spiro atoms. The van der Waals surface area contributed by atoms with Crippen LogP contribution in [0, 0.1) is 0 Å². The second kappa shape index (κ2) is 15.3. The molecular weight excluding hydrogens is 475 g/mol. The molecule has 0 rings (SSSR count). The van der Waals surface area contributed by atoms with Gasteiger partial charge in [-0.2, -0.15) is 0 Å². The van der Waals surface area contributed by atoms with Crippen molar-refractivity contribution >= 4 is 26.7 Å². The van der Waals surface area contributed by atoms with E-state index in [1.807, 2.05) is 0 Å². The molecule has 0 saturated heterocycles. The summed E-state index contributed by atoms with van der Waals surface area (Å²) >= 11 is -2.24. The SMILES string of the molecule is CC/C=C/CC(/C=[CH]/[Sn]([CH2]CCC)([CH2]CCC)[CH2]CCC)O[Si](C)(C)C(C)(C)C. The van der Waals surface area contributed by atoms with Crippen molar-refractivity contribution in [3.8, 4) is 0 Å². The fourth-order valence-corrected chi connectivity index (χ4v) is 19.3. The average molecular weight is 530 g/mol. The first-order valence-electron chi connectivity index (χ1n) is 12.6. The average Bonchev–Trinajstić information content (AvgIpc) is 2.65. The summed E-state index contributed by atoms with van der Waals surface area (Å²) in [4.78, 5) is 0. The summed E-state index contributed by atoms with van der Waals surface area (Å²) in [5, 5.41) is 0.264. The monoisotopic (exact) mass is 530 g/mol. The van der Waals surface area contributed by atoms with E-state index in [-0.39, 0.29) is 11.1 Å². The molecule has 3 heteroatoms. The first-order valence-corrected chi connectivity index (χ1v) is 23.2. The standard InChI is InChI=1S/C14H27OSi.3C4H9.Sn/c1-8-10-11-12-13(9-2)15-16(6,7)14(3,4)5;3*1-3-4-2;/h2,9-11,13H,8,12H2,1,3-7H3;3*1,3-4H2,2H3;/b9-2?,11-10+;;;;. The van der Waals surface area contributed by atoms with Crippen molar-refractivity contribution in [3.05, 3.63) is 22.3 Å². The van der Waals surface area contributed by atoms with Crippen LogP contribution < -0.4 is 0 Å². The first kappa shape index (κ1) is 29.5. The Labute approximate surface area is 190 Å². The molecule has 1 nitrogen and oxygen atoms in total. The summed E-state index contributed by atoms with van der Waals surface area (Å²) in [5.74, 6) is 0. The summed E-state index contributed by atoms with van der Waals surface area (Å²) in [6.45, 7) is 21.2. The van der Waals surface area contributed by atoms with Crippen molar-refractivity contribution in [2.45, 2.75) is 137 Å². The molecule has 0 saturated carbocycles. The predicted molar refractivity (Wildman–Crippen MR) is 140 cm³/mol. The van der Waals surface area contributed by atoms with Crippen LogP contribution >= 0.6 is 0 Å². The molecule has 0 aromatic heterocycles. The van der Waals surface area contributed by atoms with Crippen LogP contribution in [0.25, 0.3) is 0 Å². The van der Waals surface area contributed by atoms with E-state index in [0.717, 1.165) is 12.8 Å². The third-order valence-electron chi connectivity index (χ3n) is 6.77. The summed E-state index contributed by atoms with van der Waals surface area (Å²) in [6.07, 6.45) is 17.9. The molecule has 1 atom stereocenters. The fourth-order valence-electron chi connectivity index (χ4n) is 3.64. The molecule has 29 heavy (non-hydrogen) atoms. The molecule has 0 bridgehead atoms. The van der Waals surface area contributed by atoms with Gasteiger partial charge in [0.15, 0.2) is 0 Å². The summed E-state index contributed by atoms with van der Waals surface area (Å²) < 4.78 is 14.3. The number of hydrogen-bond acceptors (Lipinski definition) is 1. The maximum absolute atomic E-state index is 6.89. The van der Waals surface area contributed by atoms with Crippen molar-refractivity contribution in [3.63, 3.8) is 0 Å². The summed E-state index contributed by atoms with van der Waals surface area (Å²) in [6, 6.07) is 0. The summed E-state index contributed by atoms with van der Waals surface area (Å²) in [7, 11) is -1.76. The van der Waals surface area contributed by atoms with Crippen LogP contribution in [-0.2, 0) is 4.43 Å². The first-order chi connectivity index (χ1) is 13.6. The summed E-state index contributed by atoms with van der Waals surface area (Å²) in [5.41, 5.74) is 0. The van der Waals surface area contributed by atoms with E-state index >= 15 is 0 Å². The third-order valence-corrected chi connectivity index (χ3v) is 25.4. The Morgan fingerprint density at radius 2 is 1.31 bits per heavy atom. The number of allylic oxidation sites excluding steroid dienone is 1. The van der Waals surface area contributed by atoms with Gasteiger partial charge in [-0.15, -0.1) is 0 Å². The van der Waals surface area contributed by atoms with Gasteiger partial charge in [-0.3, -0.25) is 0 Å². The van der Waals surface area contributed by atoms with Crippen molar-refractivity contribution in [2.75, 3.05) is 0 Å². The van der Waals surface area contributed by atoms with E-state index in [4.69, 9.17) is 4.43 Å². The van der Waals surface area contributed by atoms with Gasteiger partial charge in [0.05, 0.1) is 0 Å². The van der Waals surface area contributed by atoms with Gasteiger partial charge in [0, 0.05) is 0 Å². The van der Waals surface area contributed by atoms with Gasteiger partial charge >= 0.3 is 191 Å². The topological polar surface area (TPSA) is 9.23 Å². The van der Waals surface area contributed by atoms with Crippen LogP contribution in [-0.4, -0.2) is 32.8 Å². The quantitative estimate of drug-likeness (QED) is 0.143. The van der Waals surface area contributed by atoms with E-state index in [1.54, 1.807) is 13.3 Å². The number of rotatable bonds is 16. The van der Waals surface area contributed by atoms with Gasteiger partial charge in [-0.05, 0) is 0 Å². The van der Waals surface area contributed by atoms with E-state index < -0.39 is 26.7 Å². The molecule has 0 amide bonds. The Bertz CT molecular complexity index is 440. The second-order valence-corrected chi connectivity index (χ2v) is 28.3. The number of hydrogen-bond donors (Lipinski definition) is 0. The Morgan fingerprint density at radius 3 is 1.69 bits per heavy atom. The maximum atomic E-state index is 6.89. The molecular formula is C26H54OSiSn.